The monoisotopic (exact) mass is 352 g/mol. The Kier molecular flexibility index (Phi) is 5.11. The fourth-order valence-electron chi connectivity index (χ4n) is 2.75. The lowest BCUT2D eigenvalue weighted by Crippen LogP contribution is -2.30. The lowest BCUT2D eigenvalue weighted by Gasteiger charge is -2.25. The first kappa shape index (κ1) is 18.2. The van der Waals surface area contributed by atoms with E-state index >= 15 is 0 Å². The summed E-state index contributed by atoms with van der Waals surface area (Å²) < 4.78 is 1.78. The number of fused-ring (bicyclic) bond motifs is 1. The molecule has 0 saturated heterocycles. The van der Waals surface area contributed by atoms with Crippen molar-refractivity contribution in [2.24, 2.45) is 7.05 Å². The van der Waals surface area contributed by atoms with Crippen LogP contribution in [-0.4, -0.2) is 31.8 Å². The van der Waals surface area contributed by atoms with E-state index in [0.29, 0.717) is 11.9 Å². The summed E-state index contributed by atoms with van der Waals surface area (Å²) in [4.78, 5) is 9.38. The average Bonchev–Trinajstić information content (AvgIpc) is 3.01. The Hall–Kier alpha value is -2.63. The van der Waals surface area contributed by atoms with Crippen LogP contribution >= 0.6 is 0 Å². The van der Waals surface area contributed by atoms with Crippen molar-refractivity contribution in [3.8, 4) is 0 Å². The van der Waals surface area contributed by atoms with Crippen LogP contribution in [0.2, 0.25) is 0 Å². The summed E-state index contributed by atoms with van der Waals surface area (Å²) in [7, 11) is 1.90. The molecule has 6 heteroatoms. The molecule has 0 amide bonds. The first-order valence-electron chi connectivity index (χ1n) is 9.16. The Labute approximate surface area is 155 Å². The summed E-state index contributed by atoms with van der Waals surface area (Å²) in [6, 6.07) is 10.5. The molecule has 1 aromatic carbocycles. The molecule has 0 fully saturated rings. The molecule has 0 aliphatic heterocycles. The van der Waals surface area contributed by atoms with Crippen molar-refractivity contribution in [1.29, 1.82) is 0 Å². The smallest absolute Gasteiger partial charge is 0.226 e. The van der Waals surface area contributed by atoms with Gasteiger partial charge in [-0.05, 0) is 31.7 Å². The maximum Gasteiger partial charge on any atom is 0.226 e. The number of nitrogens with one attached hydrogen (secondary N) is 2. The summed E-state index contributed by atoms with van der Waals surface area (Å²) >= 11 is 0. The van der Waals surface area contributed by atoms with Gasteiger partial charge in [-0.25, -0.2) is 0 Å². The molecule has 0 spiro atoms. The second kappa shape index (κ2) is 7.32. The van der Waals surface area contributed by atoms with Crippen molar-refractivity contribution in [2.75, 3.05) is 17.2 Å². The molecule has 0 unspecified atom stereocenters. The Bertz CT molecular complexity index is 869. The Balaban J connectivity index is 1.85. The molecule has 6 nitrogen and oxygen atoms in total. The van der Waals surface area contributed by atoms with Crippen molar-refractivity contribution in [3.63, 3.8) is 0 Å². The fourth-order valence-corrected chi connectivity index (χ4v) is 2.75. The molecule has 0 aliphatic carbocycles. The summed E-state index contributed by atoms with van der Waals surface area (Å²) in [6.07, 6.45) is 2.81. The van der Waals surface area contributed by atoms with Crippen molar-refractivity contribution >= 4 is 22.8 Å². The molecule has 138 valence electrons. The zero-order valence-electron chi connectivity index (χ0n) is 16.2. The van der Waals surface area contributed by atoms with Gasteiger partial charge in [0.1, 0.15) is 5.82 Å². The third kappa shape index (κ3) is 3.95. The average molecular weight is 352 g/mol. The summed E-state index contributed by atoms with van der Waals surface area (Å²) in [5.74, 6) is 1.81. The maximum absolute atomic E-state index is 4.73. The highest BCUT2D eigenvalue weighted by Gasteiger charge is 2.19. The van der Waals surface area contributed by atoms with E-state index in [1.165, 1.54) is 5.56 Å². The first-order valence-corrected chi connectivity index (χ1v) is 9.16. The highest BCUT2D eigenvalue weighted by atomic mass is 15.3. The van der Waals surface area contributed by atoms with Crippen molar-refractivity contribution < 1.29 is 0 Å². The summed E-state index contributed by atoms with van der Waals surface area (Å²) in [5.41, 5.74) is 2.07. The van der Waals surface area contributed by atoms with E-state index in [2.05, 4.69) is 72.7 Å². The molecular formula is C20H28N6. The van der Waals surface area contributed by atoms with Gasteiger partial charge >= 0.3 is 0 Å². The highest BCUT2D eigenvalue weighted by molar-refractivity contribution is 5.87. The van der Waals surface area contributed by atoms with Crippen LogP contribution < -0.4 is 10.6 Å². The van der Waals surface area contributed by atoms with Crippen LogP contribution in [0.4, 0.5) is 11.8 Å². The molecule has 2 aromatic heterocycles. The van der Waals surface area contributed by atoms with Crippen molar-refractivity contribution in [1.82, 2.24) is 19.7 Å². The van der Waals surface area contributed by atoms with Crippen molar-refractivity contribution in [3.05, 3.63) is 42.1 Å². The van der Waals surface area contributed by atoms with E-state index < -0.39 is 0 Å². The van der Waals surface area contributed by atoms with E-state index in [1.54, 1.807) is 4.68 Å². The first-order chi connectivity index (χ1) is 12.4. The molecule has 3 aromatic rings. The van der Waals surface area contributed by atoms with Gasteiger partial charge < -0.3 is 10.6 Å². The predicted octanol–water partition coefficient (Wildman–Crippen LogP) is 4.18. The largest absolute Gasteiger partial charge is 0.364 e. The van der Waals surface area contributed by atoms with Gasteiger partial charge in [-0.15, -0.1) is 0 Å². The summed E-state index contributed by atoms with van der Waals surface area (Å²) in [6.45, 7) is 9.47. The van der Waals surface area contributed by atoms with Crippen LogP contribution in [0.5, 0.6) is 0 Å². The Morgan fingerprint density at radius 3 is 2.58 bits per heavy atom. The van der Waals surface area contributed by atoms with Crippen molar-refractivity contribution in [2.45, 2.75) is 45.6 Å². The minimum atomic E-state index is -0.0499. The molecule has 0 radical (unpaired) electrons. The topological polar surface area (TPSA) is 67.7 Å². The molecule has 1 atom stereocenters. The molecule has 26 heavy (non-hydrogen) atoms. The molecule has 0 bridgehead atoms. The number of aromatic nitrogens is 4. The Morgan fingerprint density at radius 2 is 1.88 bits per heavy atom. The molecule has 0 aliphatic rings. The third-order valence-electron chi connectivity index (χ3n) is 4.87. The van der Waals surface area contributed by atoms with Crippen LogP contribution in [0.15, 0.2) is 36.5 Å². The minimum absolute atomic E-state index is 0.0499. The van der Waals surface area contributed by atoms with Gasteiger partial charge in [0.25, 0.3) is 0 Å². The van der Waals surface area contributed by atoms with Gasteiger partial charge in [0, 0.05) is 19.1 Å². The van der Waals surface area contributed by atoms with E-state index in [9.17, 15) is 0 Å². The lowest BCUT2D eigenvalue weighted by molar-refractivity contribution is 0.545. The fraction of sp³-hybridized carbons (Fsp3) is 0.450. The lowest BCUT2D eigenvalue weighted by atomic mass is 10.0. The maximum atomic E-state index is 4.73. The molecule has 0 saturated carbocycles. The van der Waals surface area contributed by atoms with Crippen LogP contribution in [0.3, 0.4) is 0 Å². The second-order valence-electron chi connectivity index (χ2n) is 7.46. The highest BCUT2D eigenvalue weighted by Crippen LogP contribution is 2.26. The van der Waals surface area contributed by atoms with Gasteiger partial charge in [0.15, 0.2) is 5.65 Å². The van der Waals surface area contributed by atoms with Crippen LogP contribution in [0.1, 0.15) is 45.6 Å². The summed E-state index contributed by atoms with van der Waals surface area (Å²) in [5, 5.41) is 12.2. The molecule has 2 N–H and O–H groups in total. The van der Waals surface area contributed by atoms with Gasteiger partial charge in [0.05, 0.1) is 11.6 Å². The number of anilines is 2. The normalized spacial score (nSPS) is 13.0. The number of rotatable bonds is 7. The third-order valence-corrected chi connectivity index (χ3v) is 4.87. The Morgan fingerprint density at radius 1 is 1.15 bits per heavy atom. The second-order valence-corrected chi connectivity index (χ2v) is 7.46. The van der Waals surface area contributed by atoms with E-state index in [0.717, 1.165) is 29.8 Å². The SMILES string of the molecule is CCC(C)(C)Nc1nc(NC[C@H](C)c2ccccc2)nc2c1cnn2C. The zero-order valence-corrected chi connectivity index (χ0v) is 16.2. The number of hydrogen-bond donors (Lipinski definition) is 2. The number of aryl methyl sites for hydroxylation is 1. The van der Waals surface area contributed by atoms with E-state index in [1.807, 2.05) is 19.3 Å². The predicted molar refractivity (Wildman–Crippen MR) is 108 cm³/mol. The number of benzene rings is 1. The van der Waals surface area contributed by atoms with E-state index in [4.69, 9.17) is 4.98 Å². The van der Waals surface area contributed by atoms with Crippen LogP contribution in [0, 0.1) is 0 Å². The van der Waals surface area contributed by atoms with E-state index in [-0.39, 0.29) is 5.54 Å². The number of nitrogens with zero attached hydrogens (tertiary/aromatic N) is 4. The van der Waals surface area contributed by atoms with Crippen LogP contribution in [-0.2, 0) is 7.05 Å². The standard InChI is InChI=1S/C20H28N6/c1-6-20(3,4)25-17-16-13-22-26(5)18(16)24-19(23-17)21-12-14(2)15-10-8-7-9-11-15/h7-11,13-14H,6,12H2,1-5H3,(H2,21,23,24,25)/t14-/m0/s1. The van der Waals surface area contributed by atoms with Gasteiger partial charge in [0.2, 0.25) is 5.95 Å². The molecular weight excluding hydrogens is 324 g/mol. The van der Waals surface area contributed by atoms with Gasteiger partial charge in [-0.2, -0.15) is 15.1 Å². The number of hydrogen-bond acceptors (Lipinski definition) is 5. The van der Waals surface area contributed by atoms with Crippen LogP contribution in [0.25, 0.3) is 11.0 Å². The minimum Gasteiger partial charge on any atom is -0.364 e. The quantitative estimate of drug-likeness (QED) is 0.668. The molecule has 3 rings (SSSR count). The zero-order chi connectivity index (χ0) is 18.7. The molecule has 2 heterocycles. The van der Waals surface area contributed by atoms with Gasteiger partial charge in [-0.1, -0.05) is 44.2 Å². The van der Waals surface area contributed by atoms with Gasteiger partial charge in [-0.3, -0.25) is 4.68 Å².